The molecule has 0 aliphatic heterocycles. The van der Waals surface area contributed by atoms with E-state index in [0.717, 1.165) is 11.3 Å². The SMILES string of the molecule is CCOC(=O)c1cnc2cc(-c3cccnc3)nn2c1. The van der Waals surface area contributed by atoms with Crippen molar-refractivity contribution in [3.63, 3.8) is 0 Å². The molecule has 3 heterocycles. The molecule has 100 valence electrons. The van der Waals surface area contributed by atoms with Gasteiger partial charge in [0.25, 0.3) is 0 Å². The fourth-order valence-corrected chi connectivity index (χ4v) is 1.85. The topological polar surface area (TPSA) is 69.4 Å². The Morgan fingerprint density at radius 1 is 1.40 bits per heavy atom. The molecule has 0 N–H and O–H groups in total. The lowest BCUT2D eigenvalue weighted by Crippen LogP contribution is -2.07. The number of fused-ring (bicyclic) bond motifs is 1. The summed E-state index contributed by atoms with van der Waals surface area (Å²) in [7, 11) is 0. The number of aromatic nitrogens is 4. The highest BCUT2D eigenvalue weighted by Gasteiger charge is 2.10. The Morgan fingerprint density at radius 3 is 3.05 bits per heavy atom. The van der Waals surface area contributed by atoms with Gasteiger partial charge in [0.1, 0.15) is 0 Å². The van der Waals surface area contributed by atoms with E-state index in [2.05, 4.69) is 15.1 Å². The van der Waals surface area contributed by atoms with Crippen LogP contribution in [0.15, 0.2) is 43.0 Å². The third-order valence-electron chi connectivity index (χ3n) is 2.78. The highest BCUT2D eigenvalue weighted by atomic mass is 16.5. The van der Waals surface area contributed by atoms with Crippen LogP contribution in [-0.4, -0.2) is 32.2 Å². The monoisotopic (exact) mass is 268 g/mol. The number of nitrogens with zero attached hydrogens (tertiary/aromatic N) is 4. The second-order valence-electron chi connectivity index (χ2n) is 4.14. The Morgan fingerprint density at radius 2 is 2.30 bits per heavy atom. The van der Waals surface area contributed by atoms with Gasteiger partial charge in [0, 0.05) is 36.4 Å². The van der Waals surface area contributed by atoms with E-state index < -0.39 is 5.97 Å². The second kappa shape index (κ2) is 5.08. The van der Waals surface area contributed by atoms with Crippen LogP contribution in [0.25, 0.3) is 16.9 Å². The maximum atomic E-state index is 11.7. The molecule has 0 aromatic carbocycles. The molecule has 0 spiro atoms. The van der Waals surface area contributed by atoms with Crippen LogP contribution in [0.4, 0.5) is 0 Å². The number of esters is 1. The van der Waals surface area contributed by atoms with Crippen molar-refractivity contribution in [1.29, 1.82) is 0 Å². The molecule has 0 saturated carbocycles. The number of carbonyl (C=O) groups is 1. The molecule has 3 aromatic heterocycles. The van der Waals surface area contributed by atoms with E-state index in [1.54, 1.807) is 30.0 Å². The number of hydrogen-bond donors (Lipinski definition) is 0. The molecule has 0 fully saturated rings. The van der Waals surface area contributed by atoms with Crippen molar-refractivity contribution in [1.82, 2.24) is 19.6 Å². The van der Waals surface area contributed by atoms with Crippen molar-refractivity contribution in [2.24, 2.45) is 0 Å². The summed E-state index contributed by atoms with van der Waals surface area (Å²) < 4.78 is 6.50. The molecule has 6 nitrogen and oxygen atoms in total. The van der Waals surface area contributed by atoms with Crippen LogP contribution in [0.3, 0.4) is 0 Å². The van der Waals surface area contributed by atoms with Gasteiger partial charge < -0.3 is 4.74 Å². The summed E-state index contributed by atoms with van der Waals surface area (Å²) in [6.07, 6.45) is 6.53. The molecule has 0 aliphatic rings. The lowest BCUT2D eigenvalue weighted by Gasteiger charge is -2.00. The van der Waals surface area contributed by atoms with Gasteiger partial charge in [-0.15, -0.1) is 0 Å². The van der Waals surface area contributed by atoms with E-state index in [1.807, 2.05) is 18.2 Å². The molecule has 3 rings (SSSR count). The summed E-state index contributed by atoms with van der Waals surface area (Å²) in [5.74, 6) is -0.402. The number of ether oxygens (including phenoxy) is 1. The van der Waals surface area contributed by atoms with Crippen LogP contribution in [0.1, 0.15) is 17.3 Å². The van der Waals surface area contributed by atoms with Crippen LogP contribution >= 0.6 is 0 Å². The van der Waals surface area contributed by atoms with Crippen LogP contribution < -0.4 is 0 Å². The Kier molecular flexibility index (Phi) is 3.12. The normalized spacial score (nSPS) is 10.7. The van der Waals surface area contributed by atoms with E-state index in [4.69, 9.17) is 4.74 Å². The van der Waals surface area contributed by atoms with Gasteiger partial charge >= 0.3 is 5.97 Å². The molecule has 0 radical (unpaired) electrons. The molecule has 0 amide bonds. The third-order valence-corrected chi connectivity index (χ3v) is 2.78. The Hall–Kier alpha value is -2.76. The van der Waals surface area contributed by atoms with Gasteiger partial charge in [-0.3, -0.25) is 4.98 Å². The zero-order valence-corrected chi connectivity index (χ0v) is 10.9. The van der Waals surface area contributed by atoms with Gasteiger partial charge in [0.15, 0.2) is 5.65 Å². The molecule has 0 unspecified atom stereocenters. The molecule has 0 saturated heterocycles. The molecule has 0 atom stereocenters. The van der Waals surface area contributed by atoms with Crippen molar-refractivity contribution in [2.45, 2.75) is 6.92 Å². The third kappa shape index (κ3) is 2.23. The number of hydrogen-bond acceptors (Lipinski definition) is 5. The van der Waals surface area contributed by atoms with Crippen LogP contribution in [0.2, 0.25) is 0 Å². The second-order valence-corrected chi connectivity index (χ2v) is 4.14. The number of pyridine rings is 1. The minimum atomic E-state index is -0.402. The zero-order chi connectivity index (χ0) is 13.9. The fraction of sp³-hybridized carbons (Fsp3) is 0.143. The summed E-state index contributed by atoms with van der Waals surface area (Å²) in [5, 5.41) is 4.39. The molecular formula is C14H12N4O2. The quantitative estimate of drug-likeness (QED) is 0.679. The van der Waals surface area contributed by atoms with Gasteiger partial charge in [-0.05, 0) is 19.1 Å². The van der Waals surface area contributed by atoms with Gasteiger partial charge in [-0.25, -0.2) is 14.3 Å². The predicted octanol–water partition coefficient (Wildman–Crippen LogP) is 1.97. The van der Waals surface area contributed by atoms with Crippen molar-refractivity contribution in [3.8, 4) is 11.3 Å². The van der Waals surface area contributed by atoms with Crippen molar-refractivity contribution < 1.29 is 9.53 Å². The number of rotatable bonds is 3. The first-order valence-corrected chi connectivity index (χ1v) is 6.21. The molecule has 0 bridgehead atoms. The standard InChI is InChI=1S/C14H12N4O2/c1-2-20-14(19)11-8-16-13-6-12(17-18(13)9-11)10-4-3-5-15-7-10/h3-9H,2H2,1H3. The van der Waals surface area contributed by atoms with E-state index in [0.29, 0.717) is 17.8 Å². The Labute approximate surface area is 115 Å². The summed E-state index contributed by atoms with van der Waals surface area (Å²) in [6, 6.07) is 5.60. The largest absolute Gasteiger partial charge is 0.462 e. The van der Waals surface area contributed by atoms with Gasteiger partial charge in [0.2, 0.25) is 0 Å². The van der Waals surface area contributed by atoms with Crippen molar-refractivity contribution in [3.05, 3.63) is 48.5 Å². The maximum absolute atomic E-state index is 11.7. The van der Waals surface area contributed by atoms with Gasteiger partial charge in [-0.1, -0.05) is 0 Å². The van der Waals surface area contributed by atoms with Crippen molar-refractivity contribution >= 4 is 11.6 Å². The minimum Gasteiger partial charge on any atom is -0.462 e. The average molecular weight is 268 g/mol. The van der Waals surface area contributed by atoms with Gasteiger partial charge in [-0.2, -0.15) is 5.10 Å². The highest BCUT2D eigenvalue weighted by Crippen LogP contribution is 2.17. The van der Waals surface area contributed by atoms with E-state index in [9.17, 15) is 4.79 Å². The van der Waals surface area contributed by atoms with E-state index in [-0.39, 0.29) is 0 Å². The minimum absolute atomic E-state index is 0.330. The first-order valence-electron chi connectivity index (χ1n) is 6.21. The summed E-state index contributed by atoms with van der Waals surface area (Å²) in [5.41, 5.74) is 2.69. The maximum Gasteiger partial charge on any atom is 0.341 e. The van der Waals surface area contributed by atoms with Crippen LogP contribution in [0.5, 0.6) is 0 Å². The van der Waals surface area contributed by atoms with Gasteiger partial charge in [0.05, 0.1) is 17.9 Å². The molecule has 3 aromatic rings. The smallest absolute Gasteiger partial charge is 0.341 e. The molecular weight excluding hydrogens is 256 g/mol. The zero-order valence-electron chi connectivity index (χ0n) is 10.9. The summed E-state index contributed by atoms with van der Waals surface area (Å²) in [4.78, 5) is 19.9. The summed E-state index contributed by atoms with van der Waals surface area (Å²) >= 11 is 0. The molecule has 6 heteroatoms. The van der Waals surface area contributed by atoms with Crippen molar-refractivity contribution in [2.75, 3.05) is 6.61 Å². The lowest BCUT2D eigenvalue weighted by atomic mass is 10.2. The van der Waals surface area contributed by atoms with E-state index in [1.165, 1.54) is 6.20 Å². The lowest BCUT2D eigenvalue weighted by molar-refractivity contribution is 0.0525. The summed E-state index contributed by atoms with van der Waals surface area (Å²) in [6.45, 7) is 2.09. The van der Waals surface area contributed by atoms with E-state index >= 15 is 0 Å². The Bertz CT molecular complexity index is 752. The first kappa shape index (κ1) is 12.3. The number of carbonyl (C=O) groups excluding carboxylic acids is 1. The molecule has 20 heavy (non-hydrogen) atoms. The fourth-order valence-electron chi connectivity index (χ4n) is 1.85. The highest BCUT2D eigenvalue weighted by molar-refractivity contribution is 5.89. The predicted molar refractivity (Wildman–Crippen MR) is 72.2 cm³/mol. The van der Waals surface area contributed by atoms with Crippen LogP contribution in [0, 0.1) is 0 Å². The molecule has 0 aliphatic carbocycles. The Balaban J connectivity index is 2.02. The van der Waals surface area contributed by atoms with Crippen LogP contribution in [-0.2, 0) is 4.74 Å². The average Bonchev–Trinajstić information content (AvgIpc) is 2.91. The first-order chi connectivity index (χ1) is 9.78.